The van der Waals surface area contributed by atoms with Gasteiger partial charge in [-0.3, -0.25) is 0 Å². The standard InChI is InChI=1S/C17H24N2OS/c1-3-20-4-2-19(1)16-18-15(11-21-16)17-8-12-5-13(9-17)7-14(6-12)10-17/h11-14H,1-10H2. The Morgan fingerprint density at radius 1 is 1.05 bits per heavy atom. The zero-order valence-electron chi connectivity index (χ0n) is 12.6. The molecule has 2 heterocycles. The highest BCUT2D eigenvalue weighted by atomic mass is 32.1. The summed E-state index contributed by atoms with van der Waals surface area (Å²) in [5, 5.41) is 3.63. The van der Waals surface area contributed by atoms with Gasteiger partial charge < -0.3 is 9.64 Å². The lowest BCUT2D eigenvalue weighted by Crippen LogP contribution is -2.48. The Morgan fingerprint density at radius 3 is 2.29 bits per heavy atom. The van der Waals surface area contributed by atoms with Gasteiger partial charge in [0.25, 0.3) is 0 Å². The van der Waals surface area contributed by atoms with Crippen molar-refractivity contribution >= 4 is 16.5 Å². The van der Waals surface area contributed by atoms with E-state index < -0.39 is 0 Å². The topological polar surface area (TPSA) is 25.4 Å². The summed E-state index contributed by atoms with van der Waals surface area (Å²) in [5.74, 6) is 3.01. The second-order valence-corrected chi connectivity index (χ2v) is 8.65. The van der Waals surface area contributed by atoms with Crippen molar-refractivity contribution in [3.8, 4) is 0 Å². The van der Waals surface area contributed by atoms with Crippen LogP contribution < -0.4 is 4.90 Å². The fraction of sp³-hybridized carbons (Fsp3) is 0.824. The van der Waals surface area contributed by atoms with E-state index in [0.717, 1.165) is 44.1 Å². The number of morpholine rings is 1. The lowest BCUT2D eigenvalue weighted by Gasteiger charge is -2.56. The number of nitrogens with zero attached hydrogens (tertiary/aromatic N) is 2. The number of thiazole rings is 1. The van der Waals surface area contributed by atoms with Gasteiger partial charge in [0.15, 0.2) is 5.13 Å². The highest BCUT2D eigenvalue weighted by Gasteiger charge is 2.52. The van der Waals surface area contributed by atoms with Crippen LogP contribution >= 0.6 is 11.3 Å². The minimum absolute atomic E-state index is 0.454. The fourth-order valence-corrected chi connectivity index (χ4v) is 6.83. The molecule has 0 radical (unpaired) electrons. The highest BCUT2D eigenvalue weighted by molar-refractivity contribution is 7.13. The third-order valence-electron chi connectivity index (χ3n) is 6.36. The average Bonchev–Trinajstić information content (AvgIpc) is 2.97. The summed E-state index contributed by atoms with van der Waals surface area (Å²) in [6, 6.07) is 0. The molecule has 3 nitrogen and oxygen atoms in total. The van der Waals surface area contributed by atoms with Crippen LogP contribution in [0.3, 0.4) is 0 Å². The van der Waals surface area contributed by atoms with E-state index in [1.54, 1.807) is 0 Å². The van der Waals surface area contributed by atoms with Crippen molar-refractivity contribution in [2.45, 2.75) is 43.9 Å². The minimum Gasteiger partial charge on any atom is -0.378 e. The number of aromatic nitrogens is 1. The van der Waals surface area contributed by atoms with E-state index in [0.29, 0.717) is 5.41 Å². The van der Waals surface area contributed by atoms with Crippen molar-refractivity contribution in [1.29, 1.82) is 0 Å². The van der Waals surface area contributed by atoms with Crippen LogP contribution in [0.15, 0.2) is 5.38 Å². The van der Waals surface area contributed by atoms with Crippen LogP contribution in [0.2, 0.25) is 0 Å². The van der Waals surface area contributed by atoms with Gasteiger partial charge >= 0.3 is 0 Å². The highest BCUT2D eigenvalue weighted by Crippen LogP contribution is 2.60. The quantitative estimate of drug-likeness (QED) is 0.837. The zero-order valence-corrected chi connectivity index (χ0v) is 13.4. The first-order valence-corrected chi connectivity index (χ1v) is 9.47. The Kier molecular flexibility index (Phi) is 2.88. The maximum Gasteiger partial charge on any atom is 0.185 e. The van der Waals surface area contributed by atoms with Gasteiger partial charge in [-0.25, -0.2) is 4.98 Å². The number of rotatable bonds is 2. The molecule has 0 aromatic carbocycles. The zero-order chi connectivity index (χ0) is 13.9. The third kappa shape index (κ3) is 2.06. The van der Waals surface area contributed by atoms with Crippen molar-refractivity contribution in [3.63, 3.8) is 0 Å². The first kappa shape index (κ1) is 12.9. The molecule has 6 rings (SSSR count). The van der Waals surface area contributed by atoms with E-state index >= 15 is 0 Å². The first-order valence-electron chi connectivity index (χ1n) is 8.59. The number of ether oxygens (including phenoxy) is 1. The third-order valence-corrected chi connectivity index (χ3v) is 7.26. The van der Waals surface area contributed by atoms with Crippen LogP contribution in [0.1, 0.15) is 44.2 Å². The number of anilines is 1. The average molecular weight is 304 g/mol. The van der Waals surface area contributed by atoms with Crippen molar-refractivity contribution in [1.82, 2.24) is 4.98 Å². The van der Waals surface area contributed by atoms with E-state index in [9.17, 15) is 0 Å². The van der Waals surface area contributed by atoms with E-state index in [1.165, 1.54) is 49.4 Å². The van der Waals surface area contributed by atoms with Crippen LogP contribution in [0.5, 0.6) is 0 Å². The summed E-state index contributed by atoms with van der Waals surface area (Å²) < 4.78 is 5.46. The molecule has 4 heteroatoms. The largest absolute Gasteiger partial charge is 0.378 e. The van der Waals surface area contributed by atoms with Gasteiger partial charge in [0.05, 0.1) is 18.9 Å². The van der Waals surface area contributed by atoms with Gasteiger partial charge in [0.1, 0.15) is 0 Å². The van der Waals surface area contributed by atoms with E-state index in [4.69, 9.17) is 9.72 Å². The predicted octanol–water partition coefficient (Wildman–Crippen LogP) is 3.45. The Labute approximate surface area is 130 Å². The van der Waals surface area contributed by atoms with Gasteiger partial charge in [-0.15, -0.1) is 11.3 Å². The van der Waals surface area contributed by atoms with Gasteiger partial charge in [-0.05, 0) is 56.3 Å². The van der Waals surface area contributed by atoms with Crippen LogP contribution in [0.4, 0.5) is 5.13 Å². The molecule has 1 aromatic rings. The van der Waals surface area contributed by atoms with E-state index in [2.05, 4.69) is 10.3 Å². The smallest absolute Gasteiger partial charge is 0.185 e. The maximum absolute atomic E-state index is 5.46. The molecule has 0 amide bonds. The van der Waals surface area contributed by atoms with Gasteiger partial charge in [0, 0.05) is 23.9 Å². The molecular weight excluding hydrogens is 280 g/mol. The molecule has 5 fully saturated rings. The Balaban J connectivity index is 1.44. The molecule has 0 unspecified atom stereocenters. The molecule has 114 valence electrons. The molecular formula is C17H24N2OS. The second-order valence-electron chi connectivity index (χ2n) is 7.81. The molecule has 0 N–H and O–H groups in total. The van der Waals surface area contributed by atoms with Gasteiger partial charge in [-0.1, -0.05) is 0 Å². The Hall–Kier alpha value is -0.610. The predicted molar refractivity (Wildman–Crippen MR) is 85.0 cm³/mol. The molecule has 0 spiro atoms. The summed E-state index contributed by atoms with van der Waals surface area (Å²) in [7, 11) is 0. The summed E-state index contributed by atoms with van der Waals surface area (Å²) >= 11 is 1.86. The summed E-state index contributed by atoms with van der Waals surface area (Å²) in [6.45, 7) is 3.72. The van der Waals surface area contributed by atoms with Crippen LogP contribution in [-0.2, 0) is 10.2 Å². The van der Waals surface area contributed by atoms with Crippen molar-refractivity contribution < 1.29 is 4.74 Å². The molecule has 1 aromatic heterocycles. The lowest BCUT2D eigenvalue weighted by atomic mass is 9.49. The Bertz CT molecular complexity index is 499. The monoisotopic (exact) mass is 304 g/mol. The van der Waals surface area contributed by atoms with Crippen molar-refractivity contribution in [3.05, 3.63) is 11.1 Å². The molecule has 4 saturated carbocycles. The molecule has 1 saturated heterocycles. The van der Waals surface area contributed by atoms with Crippen LogP contribution in [0, 0.1) is 17.8 Å². The minimum atomic E-state index is 0.454. The Morgan fingerprint density at radius 2 is 1.67 bits per heavy atom. The maximum atomic E-state index is 5.46. The number of hydrogen-bond acceptors (Lipinski definition) is 4. The SMILES string of the molecule is c1sc(N2CCOCC2)nc1C12CC3CC(CC(C3)C1)C2. The normalized spacial score (nSPS) is 41.7. The molecule has 0 atom stereocenters. The van der Waals surface area contributed by atoms with Gasteiger partial charge in [0.2, 0.25) is 0 Å². The molecule has 1 aliphatic heterocycles. The summed E-state index contributed by atoms with van der Waals surface area (Å²) in [5.41, 5.74) is 1.89. The molecule has 21 heavy (non-hydrogen) atoms. The van der Waals surface area contributed by atoms with Gasteiger partial charge in [-0.2, -0.15) is 0 Å². The molecule has 4 aliphatic carbocycles. The fourth-order valence-electron chi connectivity index (χ4n) is 5.83. The van der Waals surface area contributed by atoms with Crippen molar-refractivity contribution in [2.75, 3.05) is 31.2 Å². The summed E-state index contributed by atoms with van der Waals surface area (Å²) in [6.07, 6.45) is 8.81. The van der Waals surface area contributed by atoms with Crippen LogP contribution in [0.25, 0.3) is 0 Å². The van der Waals surface area contributed by atoms with Crippen LogP contribution in [-0.4, -0.2) is 31.3 Å². The molecule has 4 bridgehead atoms. The van der Waals surface area contributed by atoms with E-state index in [1.807, 2.05) is 11.3 Å². The first-order chi connectivity index (χ1) is 10.3. The lowest BCUT2D eigenvalue weighted by molar-refractivity contribution is -0.00690. The molecule has 5 aliphatic rings. The number of hydrogen-bond donors (Lipinski definition) is 0. The summed E-state index contributed by atoms with van der Waals surface area (Å²) in [4.78, 5) is 7.53. The second kappa shape index (κ2) is 4.69. The van der Waals surface area contributed by atoms with E-state index in [-0.39, 0.29) is 0 Å². The van der Waals surface area contributed by atoms with Crippen molar-refractivity contribution in [2.24, 2.45) is 17.8 Å².